The molecule has 0 radical (unpaired) electrons. The van der Waals surface area contributed by atoms with Crippen LogP contribution in [0.2, 0.25) is 0 Å². The average molecular weight is 303 g/mol. The molecule has 5 heteroatoms. The smallest absolute Gasteiger partial charge is 0.303 e. The third-order valence-electron chi connectivity index (χ3n) is 4.60. The molecule has 2 aliphatic rings. The number of rotatable bonds is 4. The van der Waals surface area contributed by atoms with E-state index in [0.717, 1.165) is 30.7 Å². The standard InChI is InChI=1S/C17H21NO4/c19-16(20)8-7-12-4-3-9-18(10-12)17(21)14-11-22-15-6-2-1-5-13(14)15/h1-2,5-6,12,14H,3-4,7-11H2,(H,19,20)/t12-,14-/m0/s1. The Morgan fingerprint density at radius 1 is 1.32 bits per heavy atom. The van der Waals surface area contributed by atoms with Crippen molar-refractivity contribution in [2.24, 2.45) is 5.92 Å². The Hall–Kier alpha value is -2.04. The lowest BCUT2D eigenvalue weighted by atomic mass is 9.91. The van der Waals surface area contributed by atoms with E-state index in [9.17, 15) is 9.59 Å². The first-order chi connectivity index (χ1) is 10.6. The normalized spacial score (nSPS) is 23.7. The van der Waals surface area contributed by atoms with E-state index in [1.54, 1.807) is 0 Å². The van der Waals surface area contributed by atoms with Gasteiger partial charge in [0.15, 0.2) is 0 Å². The SMILES string of the molecule is O=C(O)CC[C@@H]1CCCN(C(=O)[C@H]2COc3ccccc32)C1. The lowest BCUT2D eigenvalue weighted by Gasteiger charge is -2.34. The lowest BCUT2D eigenvalue weighted by Crippen LogP contribution is -2.42. The second-order valence-corrected chi connectivity index (χ2v) is 6.13. The Bertz CT molecular complexity index is 572. The van der Waals surface area contributed by atoms with Gasteiger partial charge in [-0.3, -0.25) is 9.59 Å². The van der Waals surface area contributed by atoms with Gasteiger partial charge < -0.3 is 14.7 Å². The van der Waals surface area contributed by atoms with Gasteiger partial charge in [-0.2, -0.15) is 0 Å². The minimum Gasteiger partial charge on any atom is -0.492 e. The predicted molar refractivity (Wildman–Crippen MR) is 80.9 cm³/mol. The van der Waals surface area contributed by atoms with Crippen LogP contribution in [0.5, 0.6) is 5.75 Å². The van der Waals surface area contributed by atoms with Gasteiger partial charge in [-0.05, 0) is 31.2 Å². The minimum absolute atomic E-state index is 0.116. The molecule has 0 spiro atoms. The number of likely N-dealkylation sites (tertiary alicyclic amines) is 1. The van der Waals surface area contributed by atoms with Crippen molar-refractivity contribution in [3.05, 3.63) is 29.8 Å². The summed E-state index contributed by atoms with van der Waals surface area (Å²) in [7, 11) is 0. The molecule has 1 saturated heterocycles. The van der Waals surface area contributed by atoms with Crippen molar-refractivity contribution in [1.82, 2.24) is 4.90 Å². The van der Waals surface area contributed by atoms with Crippen molar-refractivity contribution in [2.45, 2.75) is 31.6 Å². The fourth-order valence-corrected chi connectivity index (χ4v) is 3.42. The number of carboxylic acids is 1. The zero-order valence-corrected chi connectivity index (χ0v) is 12.5. The maximum absolute atomic E-state index is 12.8. The quantitative estimate of drug-likeness (QED) is 0.926. The summed E-state index contributed by atoms with van der Waals surface area (Å²) in [6.07, 6.45) is 2.79. The van der Waals surface area contributed by atoms with Crippen LogP contribution in [0.25, 0.3) is 0 Å². The van der Waals surface area contributed by atoms with Gasteiger partial charge in [0, 0.05) is 25.1 Å². The molecule has 0 saturated carbocycles. The van der Waals surface area contributed by atoms with Crippen LogP contribution in [0.4, 0.5) is 0 Å². The van der Waals surface area contributed by atoms with E-state index in [-0.39, 0.29) is 18.2 Å². The number of carbonyl (C=O) groups is 2. The summed E-state index contributed by atoms with van der Waals surface area (Å²) in [6.45, 7) is 1.85. The monoisotopic (exact) mass is 303 g/mol. The average Bonchev–Trinajstić information content (AvgIpc) is 2.96. The number of piperidine rings is 1. The highest BCUT2D eigenvalue weighted by Gasteiger charge is 2.35. The van der Waals surface area contributed by atoms with Gasteiger partial charge in [0.2, 0.25) is 5.91 Å². The zero-order chi connectivity index (χ0) is 15.5. The van der Waals surface area contributed by atoms with Crippen LogP contribution in [0, 0.1) is 5.92 Å². The highest BCUT2D eigenvalue weighted by atomic mass is 16.5. The minimum atomic E-state index is -0.762. The van der Waals surface area contributed by atoms with Crippen LogP contribution in [-0.2, 0) is 9.59 Å². The van der Waals surface area contributed by atoms with Crippen molar-refractivity contribution in [3.8, 4) is 5.75 Å². The molecular formula is C17H21NO4. The summed E-state index contributed by atoms with van der Waals surface area (Å²) in [5.41, 5.74) is 0.972. The first kappa shape index (κ1) is 14.9. The largest absolute Gasteiger partial charge is 0.492 e. The van der Waals surface area contributed by atoms with Gasteiger partial charge in [0.25, 0.3) is 0 Å². The van der Waals surface area contributed by atoms with Crippen molar-refractivity contribution in [1.29, 1.82) is 0 Å². The Morgan fingerprint density at radius 2 is 2.14 bits per heavy atom. The third kappa shape index (κ3) is 3.08. The van der Waals surface area contributed by atoms with Crippen LogP contribution in [0.1, 0.15) is 37.2 Å². The highest BCUT2D eigenvalue weighted by molar-refractivity contribution is 5.85. The summed E-state index contributed by atoms with van der Waals surface area (Å²) < 4.78 is 5.60. The van der Waals surface area contributed by atoms with Gasteiger partial charge in [-0.1, -0.05) is 18.2 Å². The van der Waals surface area contributed by atoms with Crippen molar-refractivity contribution in [2.75, 3.05) is 19.7 Å². The Morgan fingerprint density at radius 3 is 2.95 bits per heavy atom. The molecule has 1 amide bonds. The van der Waals surface area contributed by atoms with Gasteiger partial charge in [-0.15, -0.1) is 0 Å². The van der Waals surface area contributed by atoms with E-state index in [1.165, 1.54) is 0 Å². The molecular weight excluding hydrogens is 282 g/mol. The summed E-state index contributed by atoms with van der Waals surface area (Å²) in [5, 5.41) is 8.80. The number of fused-ring (bicyclic) bond motifs is 1. The molecule has 0 bridgehead atoms. The van der Waals surface area contributed by atoms with E-state index < -0.39 is 5.97 Å². The molecule has 0 aliphatic carbocycles. The summed E-state index contributed by atoms with van der Waals surface area (Å²) in [4.78, 5) is 25.4. The molecule has 3 rings (SSSR count). The fraction of sp³-hybridized carbons (Fsp3) is 0.529. The molecule has 0 unspecified atom stereocenters. The predicted octanol–water partition coefficient (Wildman–Crippen LogP) is 2.27. The molecule has 2 heterocycles. The summed E-state index contributed by atoms with van der Waals surface area (Å²) >= 11 is 0. The Kier molecular flexibility index (Phi) is 4.32. The molecule has 2 aliphatic heterocycles. The van der Waals surface area contributed by atoms with E-state index in [1.807, 2.05) is 29.2 Å². The second kappa shape index (κ2) is 6.38. The topological polar surface area (TPSA) is 66.8 Å². The molecule has 0 aromatic heterocycles. The number of aliphatic carboxylic acids is 1. The van der Waals surface area contributed by atoms with Gasteiger partial charge in [0.1, 0.15) is 18.3 Å². The number of ether oxygens (including phenoxy) is 1. The van der Waals surface area contributed by atoms with Crippen LogP contribution in [0.3, 0.4) is 0 Å². The maximum atomic E-state index is 12.8. The summed E-state index contributed by atoms with van der Waals surface area (Å²) in [5.74, 6) is 0.243. The highest BCUT2D eigenvalue weighted by Crippen LogP contribution is 2.35. The molecule has 22 heavy (non-hydrogen) atoms. The molecule has 118 valence electrons. The van der Waals surface area contributed by atoms with Crippen molar-refractivity contribution >= 4 is 11.9 Å². The van der Waals surface area contributed by atoms with Gasteiger partial charge >= 0.3 is 5.97 Å². The zero-order valence-electron chi connectivity index (χ0n) is 12.5. The molecule has 2 atom stereocenters. The first-order valence-electron chi connectivity index (χ1n) is 7.87. The maximum Gasteiger partial charge on any atom is 0.303 e. The molecule has 1 aromatic carbocycles. The number of para-hydroxylation sites is 1. The molecule has 1 aromatic rings. The van der Waals surface area contributed by atoms with E-state index in [2.05, 4.69) is 0 Å². The van der Waals surface area contributed by atoms with Crippen LogP contribution in [0.15, 0.2) is 24.3 Å². The number of hydrogen-bond acceptors (Lipinski definition) is 3. The van der Waals surface area contributed by atoms with Crippen LogP contribution >= 0.6 is 0 Å². The fourth-order valence-electron chi connectivity index (χ4n) is 3.42. The number of nitrogens with zero attached hydrogens (tertiary/aromatic N) is 1. The van der Waals surface area contributed by atoms with Gasteiger partial charge in [-0.25, -0.2) is 0 Å². The Labute approximate surface area is 129 Å². The first-order valence-corrected chi connectivity index (χ1v) is 7.87. The molecule has 5 nitrogen and oxygen atoms in total. The van der Waals surface area contributed by atoms with Crippen LogP contribution < -0.4 is 4.74 Å². The number of amides is 1. The number of carboxylic acid groups (broad SMARTS) is 1. The Balaban J connectivity index is 1.64. The third-order valence-corrected chi connectivity index (χ3v) is 4.60. The second-order valence-electron chi connectivity index (χ2n) is 6.13. The van der Waals surface area contributed by atoms with Crippen molar-refractivity contribution < 1.29 is 19.4 Å². The van der Waals surface area contributed by atoms with Gasteiger partial charge in [0.05, 0.1) is 0 Å². The van der Waals surface area contributed by atoms with E-state index >= 15 is 0 Å². The van der Waals surface area contributed by atoms with E-state index in [4.69, 9.17) is 9.84 Å². The molecule has 1 fully saturated rings. The molecule has 1 N–H and O–H groups in total. The number of hydrogen-bond donors (Lipinski definition) is 1. The van der Waals surface area contributed by atoms with E-state index in [0.29, 0.717) is 25.5 Å². The van der Waals surface area contributed by atoms with Crippen molar-refractivity contribution in [3.63, 3.8) is 0 Å². The van der Waals surface area contributed by atoms with Crippen LogP contribution in [-0.4, -0.2) is 41.6 Å². The lowest BCUT2D eigenvalue weighted by molar-refractivity contribution is -0.137. The number of carbonyl (C=O) groups excluding carboxylic acids is 1. The summed E-state index contributed by atoms with van der Waals surface area (Å²) in [6, 6.07) is 7.69. The number of benzene rings is 1.